The highest BCUT2D eigenvalue weighted by atomic mass is 35.5. The molecule has 6 N–H and O–H groups in total. The second-order valence-corrected chi connectivity index (χ2v) is 21.4. The van der Waals surface area contributed by atoms with E-state index in [-0.39, 0.29) is 17.9 Å². The average Bonchev–Trinajstić information content (AvgIpc) is 3.63. The maximum atomic E-state index is 12.6. The Bertz CT molecular complexity index is 3600. The van der Waals surface area contributed by atoms with Crippen LogP contribution in [0.25, 0.3) is 21.8 Å². The molecule has 0 saturated heterocycles. The summed E-state index contributed by atoms with van der Waals surface area (Å²) in [5.41, 5.74) is 16.7. The Balaban J connectivity index is 0.000000241. The summed E-state index contributed by atoms with van der Waals surface area (Å²) in [5, 5.41) is 38.8. The molecule has 83 heavy (non-hydrogen) atoms. The number of fused-ring (bicyclic) bond motifs is 2. The summed E-state index contributed by atoms with van der Waals surface area (Å²) in [6.07, 6.45) is 8.75. The molecule has 4 aromatic carbocycles. The first-order chi connectivity index (χ1) is 39.6. The number of aromatic nitrogens is 4. The number of hydrogen-bond acceptors (Lipinski definition) is 15. The molecule has 8 aromatic rings. The van der Waals surface area contributed by atoms with Crippen LogP contribution in [-0.2, 0) is 22.8 Å². The first-order valence-corrected chi connectivity index (χ1v) is 27.8. The van der Waals surface area contributed by atoms with Gasteiger partial charge >= 0.3 is 0 Å². The summed E-state index contributed by atoms with van der Waals surface area (Å²) in [5.74, 6) is 1.06. The van der Waals surface area contributed by atoms with Crippen molar-refractivity contribution in [2.24, 2.45) is 0 Å². The van der Waals surface area contributed by atoms with Crippen molar-refractivity contribution in [2.75, 3.05) is 63.0 Å². The molecule has 0 aliphatic rings. The van der Waals surface area contributed by atoms with Crippen molar-refractivity contribution >= 4 is 96.9 Å². The average molecular weight is 1180 g/mol. The normalized spacial score (nSPS) is 10.6. The molecule has 0 radical (unpaired) electrons. The predicted octanol–water partition coefficient (Wildman–Crippen LogP) is 13.3. The number of ether oxygens (including phenoxy) is 2. The Morgan fingerprint density at radius 1 is 0.639 bits per heavy atom. The summed E-state index contributed by atoms with van der Waals surface area (Å²) >= 11 is 18.8. The maximum Gasteiger partial charge on any atom is 0.224 e. The minimum absolute atomic E-state index is 0.0326. The fourth-order valence-corrected chi connectivity index (χ4v) is 8.58. The Hall–Kier alpha value is -8.13. The van der Waals surface area contributed by atoms with Crippen LogP contribution in [0.1, 0.15) is 84.3 Å². The molecule has 4 heterocycles. The van der Waals surface area contributed by atoms with Gasteiger partial charge in [-0.3, -0.25) is 29.5 Å². The predicted molar refractivity (Wildman–Crippen MR) is 335 cm³/mol. The van der Waals surface area contributed by atoms with E-state index >= 15 is 0 Å². The first-order valence-electron chi connectivity index (χ1n) is 26.6. The molecule has 20 heteroatoms. The second kappa shape index (κ2) is 32.5. The van der Waals surface area contributed by atoms with Crippen molar-refractivity contribution in [1.29, 1.82) is 10.5 Å². The van der Waals surface area contributed by atoms with Gasteiger partial charge in [-0.25, -0.2) is 0 Å². The van der Waals surface area contributed by atoms with Crippen LogP contribution in [0.15, 0.2) is 110 Å². The van der Waals surface area contributed by atoms with Crippen LogP contribution in [0, 0.1) is 50.4 Å². The second-order valence-electron chi connectivity index (χ2n) is 20.2. The van der Waals surface area contributed by atoms with Gasteiger partial charge in [0.1, 0.15) is 36.9 Å². The number of nitrogens with zero attached hydrogens (tertiary/aromatic N) is 8. The largest absolute Gasteiger partial charge is 0.486 e. The van der Waals surface area contributed by atoms with E-state index in [1.165, 1.54) is 12.4 Å². The van der Waals surface area contributed by atoms with E-state index < -0.39 is 0 Å². The van der Waals surface area contributed by atoms with Gasteiger partial charge in [0, 0.05) is 77.3 Å². The summed E-state index contributed by atoms with van der Waals surface area (Å²) in [6, 6.07) is 29.9. The molecule has 2 amide bonds. The number of nitrogens with one attached hydrogen (secondary N) is 3. The molecule has 0 unspecified atom stereocenters. The number of carbonyl (C=O) groups is 2. The first kappa shape index (κ1) is 65.7. The van der Waals surface area contributed by atoms with Crippen LogP contribution in [0.5, 0.6) is 11.5 Å². The maximum absolute atomic E-state index is 12.6. The molecule has 0 saturated carbocycles. The zero-order chi connectivity index (χ0) is 60.8. The lowest BCUT2D eigenvalue weighted by Crippen LogP contribution is -2.17. The minimum atomic E-state index is -0.167. The van der Waals surface area contributed by atoms with Gasteiger partial charge in [0.25, 0.3) is 0 Å². The molecule has 0 spiro atoms. The molecular weight excluding hydrogens is 1110 g/mol. The zero-order valence-electron chi connectivity index (χ0n) is 48.5. The highest BCUT2D eigenvalue weighted by Gasteiger charge is 2.16. The summed E-state index contributed by atoms with van der Waals surface area (Å²) < 4.78 is 11.5. The van der Waals surface area contributed by atoms with Crippen molar-refractivity contribution in [3.63, 3.8) is 0 Å². The number of anilines is 5. The van der Waals surface area contributed by atoms with Crippen molar-refractivity contribution in [3.8, 4) is 23.6 Å². The van der Waals surface area contributed by atoms with Gasteiger partial charge in [0.15, 0.2) is 0 Å². The van der Waals surface area contributed by atoms with Crippen molar-refractivity contribution in [1.82, 2.24) is 29.7 Å². The smallest absolute Gasteiger partial charge is 0.224 e. The Kier molecular flexibility index (Phi) is 25.7. The number of pyridine rings is 4. The lowest BCUT2D eigenvalue weighted by atomic mass is 10.0. The molecule has 0 fully saturated rings. The lowest BCUT2D eigenvalue weighted by molar-refractivity contribution is -0.117. The van der Waals surface area contributed by atoms with Crippen LogP contribution in [0.4, 0.5) is 28.4 Å². The highest BCUT2D eigenvalue weighted by Crippen LogP contribution is 2.36. The van der Waals surface area contributed by atoms with Crippen LogP contribution in [-0.4, -0.2) is 94.0 Å². The van der Waals surface area contributed by atoms with Gasteiger partial charge in [0.2, 0.25) is 11.8 Å². The Morgan fingerprint density at radius 3 is 1.55 bits per heavy atom. The summed E-state index contributed by atoms with van der Waals surface area (Å²) in [4.78, 5) is 46.0. The van der Waals surface area contributed by atoms with E-state index in [1.54, 1.807) is 62.6 Å². The number of aliphatic hydroxyl groups is 1. The number of amides is 2. The van der Waals surface area contributed by atoms with Gasteiger partial charge in [-0.15, -0.1) is 0 Å². The number of aryl methyl sites for hydroxylation is 4. The number of hydrogen-bond donors (Lipinski definition) is 5. The zero-order valence-corrected chi connectivity index (χ0v) is 50.8. The molecule has 0 atom stereocenters. The molecule has 434 valence electrons. The third-order valence-corrected chi connectivity index (χ3v) is 13.3. The summed E-state index contributed by atoms with van der Waals surface area (Å²) in [6.45, 7) is 13.7. The monoisotopic (exact) mass is 1180 g/mol. The molecule has 17 nitrogen and oxygen atoms in total. The Morgan fingerprint density at radius 2 is 1.10 bits per heavy atom. The van der Waals surface area contributed by atoms with Gasteiger partial charge in [-0.1, -0.05) is 46.9 Å². The van der Waals surface area contributed by atoms with E-state index in [2.05, 4.69) is 42.0 Å². The number of rotatable bonds is 18. The van der Waals surface area contributed by atoms with Gasteiger partial charge in [-0.05, 0) is 191 Å². The minimum Gasteiger partial charge on any atom is -0.486 e. The number of halogens is 3. The van der Waals surface area contributed by atoms with Crippen LogP contribution < -0.4 is 31.2 Å². The molecule has 8 rings (SSSR count). The number of nitriles is 2. The van der Waals surface area contributed by atoms with E-state index in [0.29, 0.717) is 114 Å². The van der Waals surface area contributed by atoms with E-state index in [1.807, 2.05) is 120 Å². The van der Waals surface area contributed by atoms with Crippen molar-refractivity contribution < 1.29 is 24.2 Å². The summed E-state index contributed by atoms with van der Waals surface area (Å²) in [7, 11) is 7.92. The lowest BCUT2D eigenvalue weighted by Gasteiger charge is -2.16. The number of benzene rings is 4. The SMILES string of the molecule is CC(C)O.Cc1cc2ncc(C#N)c(Cl)c2cc1NC(=O)CCCN(C)C.Cc1cc2ncc(C#N)c(Nc3ccc(OCc4ncccc4C)c(Cl)c3)c2cc1NC(=O)CCCN(C)C.Cc1cccnc1COc1ccc(N)cc1Cl. The number of carbonyl (C=O) groups excluding carboxylic acids is 2. The number of aliphatic hydroxyl groups excluding tert-OH is 1. The van der Waals surface area contributed by atoms with Crippen LogP contribution in [0.3, 0.4) is 0 Å². The Labute approximate surface area is 501 Å². The number of nitrogen functional groups attached to an aromatic ring is 1. The molecule has 0 aliphatic heterocycles. The van der Waals surface area contributed by atoms with Gasteiger partial charge < -0.3 is 46.1 Å². The fraction of sp³-hybridized carbons (Fsp3) is 0.302. The third kappa shape index (κ3) is 20.7. The van der Waals surface area contributed by atoms with E-state index in [9.17, 15) is 14.9 Å². The van der Waals surface area contributed by atoms with Crippen molar-refractivity contribution in [3.05, 3.63) is 170 Å². The molecule has 0 aliphatic carbocycles. The van der Waals surface area contributed by atoms with Crippen molar-refractivity contribution in [2.45, 2.75) is 86.5 Å². The van der Waals surface area contributed by atoms with Crippen LogP contribution in [0.2, 0.25) is 15.1 Å². The molecule has 0 bridgehead atoms. The topological polar surface area (TPSA) is 241 Å². The van der Waals surface area contributed by atoms with E-state index in [0.717, 1.165) is 59.6 Å². The molecular formula is C63H71Cl3N12O5. The van der Waals surface area contributed by atoms with Gasteiger partial charge in [0.05, 0.1) is 54.3 Å². The number of nitrogens with two attached hydrogens (primary N) is 1. The van der Waals surface area contributed by atoms with Crippen LogP contribution >= 0.6 is 34.8 Å². The highest BCUT2D eigenvalue weighted by molar-refractivity contribution is 6.36. The van der Waals surface area contributed by atoms with E-state index in [4.69, 9.17) is 60.4 Å². The quantitative estimate of drug-likeness (QED) is 0.0502. The van der Waals surface area contributed by atoms with Gasteiger partial charge in [-0.2, -0.15) is 10.5 Å². The third-order valence-electron chi connectivity index (χ3n) is 12.3. The fourth-order valence-electron chi connectivity index (χ4n) is 7.86. The molecule has 4 aromatic heterocycles. The standard InChI is InChI=1S/C30H31ClN6O2.C17H19ClN4O.C13H13ClN2O.C3H8O/c1-19-7-5-11-33-27(19)18-39-28-10-9-22(14-24(28)31)35-30-21(16-32)17-34-26-13-20(2)25(15-23(26)30)36-29(38)8-6-12-37(3)4;1-11-7-15-13(17(18)12(9-19)10-20-15)8-14(11)21-16(23)5-4-6-22(2)3;1-9-3-2-6-16-12(9)8-17-13-5-4-10(15)7-11(13)14;1-3(2)4/h5,7,9-11,13-15,17H,6,8,12,18H2,1-4H3,(H,34,35)(H,36,38);7-8,10H,4-6H2,1-3H3,(H,21,23);2-7H,8,15H2,1H3;3-4H,1-2H3.